The van der Waals surface area contributed by atoms with Crippen LogP contribution in [0.25, 0.3) is 20.7 Å². The number of allylic oxidation sites excluding steroid dienone is 2. The molecule has 2 aliphatic heterocycles. The highest BCUT2D eigenvalue weighted by Gasteiger charge is 2.68. The molecule has 2 aromatic heterocycles. The highest BCUT2D eigenvalue weighted by molar-refractivity contribution is 7.22. The van der Waals surface area contributed by atoms with E-state index in [-0.39, 0.29) is 41.5 Å². The summed E-state index contributed by atoms with van der Waals surface area (Å²) in [5.41, 5.74) is -0.755. The Kier molecular flexibility index (Phi) is 9.33. The Hall–Kier alpha value is -6.66. The van der Waals surface area contributed by atoms with Crippen molar-refractivity contribution in [2.24, 2.45) is 36.1 Å². The summed E-state index contributed by atoms with van der Waals surface area (Å²) in [6.07, 6.45) is 1.86. The zero-order valence-corrected chi connectivity index (χ0v) is 35.7. The Balaban J connectivity index is 1.16. The first-order chi connectivity index (χ1) is 29.4. The Morgan fingerprint density at radius 2 is 1.65 bits per heavy atom. The fourth-order valence-corrected chi connectivity index (χ4v) is 11.7. The van der Waals surface area contributed by atoms with Crippen molar-refractivity contribution in [1.29, 1.82) is 0 Å². The summed E-state index contributed by atoms with van der Waals surface area (Å²) < 4.78 is 7.95. The lowest BCUT2D eigenvalue weighted by Crippen LogP contribution is -2.49. The summed E-state index contributed by atoms with van der Waals surface area (Å²) in [4.78, 5) is 86.2. The summed E-state index contributed by atoms with van der Waals surface area (Å²) in [6, 6.07) is 13.9. The third kappa shape index (κ3) is 5.68. The van der Waals surface area contributed by atoms with Crippen LogP contribution in [0, 0.1) is 56.2 Å². The minimum atomic E-state index is -1.45. The van der Waals surface area contributed by atoms with Gasteiger partial charge >= 0.3 is 11.4 Å². The number of carbonyl (C=O) groups is 4. The number of phenolic OH excluding ortho intramolecular Hbond substituents is 1. The first-order valence-corrected chi connectivity index (χ1v) is 20.8. The van der Waals surface area contributed by atoms with E-state index in [9.17, 15) is 34.9 Å². The molecule has 1 saturated carbocycles. The molecule has 17 nitrogen and oxygen atoms in total. The predicted molar refractivity (Wildman–Crippen MR) is 230 cm³/mol. The molecule has 2 saturated heterocycles. The lowest BCUT2D eigenvalue weighted by atomic mass is 9.51. The van der Waals surface area contributed by atoms with Crippen LogP contribution in [0.3, 0.4) is 0 Å². The number of imide groups is 2. The van der Waals surface area contributed by atoms with Gasteiger partial charge in [-0.25, -0.2) is 9.80 Å². The van der Waals surface area contributed by atoms with Crippen LogP contribution in [0.2, 0.25) is 5.02 Å². The number of aryl methyl sites for hydroxylation is 2. The number of nitrogens with zero attached hydrogens (tertiary/aromatic N) is 7. The smallest absolute Gasteiger partial charge is 0.301 e. The van der Waals surface area contributed by atoms with Gasteiger partial charge in [0.05, 0.1) is 50.7 Å². The average molecular weight is 880 g/mol. The van der Waals surface area contributed by atoms with Crippen LogP contribution in [0.5, 0.6) is 11.5 Å². The van der Waals surface area contributed by atoms with Crippen molar-refractivity contribution in [2.75, 3.05) is 35.9 Å². The number of nitro groups is 2. The standard InChI is InChI=1S/C43H38ClN7O10S/c1-19-25-14-21(44)8-12-33(25)62-38(19)28-18-34(47(5)45-28)49-40(54)27-17-26-23(36(43(27,2)42(49)56)20-7-11-31(52)32(13-20)61-6)9-10-24-35(26)41(55)48(39(24)53)22-15-29(50(57)58)37(46(3)4)30(16-22)51(59)60/h7-9,11-16,18,24,26-27,35-36,52H,10,17H2,1-6H3/t24-,26+,27-,35-,36-,43+/m0/s1. The highest BCUT2D eigenvalue weighted by atomic mass is 35.5. The lowest BCUT2D eigenvalue weighted by molar-refractivity contribution is -0.392. The van der Waals surface area contributed by atoms with Crippen molar-refractivity contribution in [3.8, 4) is 22.1 Å². The number of methoxy groups -OCH3 is 1. The number of hydrogen-bond acceptors (Lipinski definition) is 13. The Morgan fingerprint density at radius 3 is 2.29 bits per heavy atom. The third-order valence-electron chi connectivity index (χ3n) is 13.2. The van der Waals surface area contributed by atoms with E-state index >= 15 is 9.59 Å². The van der Waals surface area contributed by atoms with E-state index in [0.717, 1.165) is 42.5 Å². The zero-order valence-electron chi connectivity index (χ0n) is 34.1. The number of nitro benzene ring substituents is 2. The van der Waals surface area contributed by atoms with Gasteiger partial charge in [0.15, 0.2) is 17.2 Å². The lowest BCUT2D eigenvalue weighted by Gasteiger charge is -2.49. The van der Waals surface area contributed by atoms with E-state index in [1.54, 1.807) is 38.2 Å². The van der Waals surface area contributed by atoms with Gasteiger partial charge in [0.1, 0.15) is 11.5 Å². The number of carbonyl (C=O) groups excluding carboxylic acids is 4. The number of halogens is 1. The summed E-state index contributed by atoms with van der Waals surface area (Å²) in [6.45, 7) is 3.68. The van der Waals surface area contributed by atoms with E-state index in [1.807, 2.05) is 25.1 Å². The number of aromatic hydroxyl groups is 1. The second-order valence-corrected chi connectivity index (χ2v) is 18.0. The van der Waals surface area contributed by atoms with Crippen molar-refractivity contribution in [1.82, 2.24) is 9.78 Å². The van der Waals surface area contributed by atoms with Gasteiger partial charge in [-0.05, 0) is 79.5 Å². The fourth-order valence-electron chi connectivity index (χ4n) is 10.4. The van der Waals surface area contributed by atoms with Gasteiger partial charge in [0.2, 0.25) is 23.6 Å². The molecule has 5 aromatic rings. The maximum Gasteiger partial charge on any atom is 0.301 e. The van der Waals surface area contributed by atoms with E-state index in [0.29, 0.717) is 21.9 Å². The Bertz CT molecular complexity index is 2870. The average Bonchev–Trinajstić information content (AvgIpc) is 3.90. The number of aromatic nitrogens is 2. The van der Waals surface area contributed by atoms with E-state index < -0.39 is 79.9 Å². The molecule has 19 heteroatoms. The van der Waals surface area contributed by atoms with Crippen LogP contribution in [0.15, 0.2) is 66.2 Å². The quantitative estimate of drug-likeness (QED) is 0.0704. The fraction of sp³-hybridized carbons (Fsp3) is 0.326. The second-order valence-electron chi connectivity index (χ2n) is 16.6. The molecule has 3 fully saturated rings. The minimum Gasteiger partial charge on any atom is -0.504 e. The first kappa shape index (κ1) is 40.7. The van der Waals surface area contributed by atoms with Crippen molar-refractivity contribution in [3.05, 3.63) is 103 Å². The Morgan fingerprint density at radius 1 is 0.952 bits per heavy atom. The largest absolute Gasteiger partial charge is 0.504 e. The minimum absolute atomic E-state index is 0.0100. The number of anilines is 3. The molecule has 4 amide bonds. The maximum absolute atomic E-state index is 15.2. The molecule has 0 unspecified atom stereocenters. The predicted octanol–water partition coefficient (Wildman–Crippen LogP) is 7.30. The summed E-state index contributed by atoms with van der Waals surface area (Å²) in [5.74, 6) is -6.96. The van der Waals surface area contributed by atoms with Crippen molar-refractivity contribution < 1.29 is 38.9 Å². The summed E-state index contributed by atoms with van der Waals surface area (Å²) in [7, 11) is 5.85. The van der Waals surface area contributed by atoms with Crippen LogP contribution < -0.4 is 19.4 Å². The monoisotopic (exact) mass is 879 g/mol. The van der Waals surface area contributed by atoms with Gasteiger partial charge in [-0.1, -0.05) is 29.3 Å². The van der Waals surface area contributed by atoms with E-state index in [4.69, 9.17) is 21.4 Å². The van der Waals surface area contributed by atoms with Crippen molar-refractivity contribution in [2.45, 2.75) is 32.6 Å². The molecule has 0 spiro atoms. The zero-order chi connectivity index (χ0) is 44.4. The molecular formula is C43H38ClN7O10S. The van der Waals surface area contributed by atoms with Crippen LogP contribution >= 0.6 is 22.9 Å². The molecule has 62 heavy (non-hydrogen) atoms. The third-order valence-corrected chi connectivity index (χ3v) is 14.7. The molecule has 3 aromatic carbocycles. The molecule has 4 heterocycles. The molecule has 318 valence electrons. The number of rotatable bonds is 8. The number of ether oxygens (including phenoxy) is 1. The van der Waals surface area contributed by atoms with Gasteiger partial charge in [-0.15, -0.1) is 11.3 Å². The molecule has 0 radical (unpaired) electrons. The number of fused-ring (bicyclic) bond motifs is 5. The van der Waals surface area contributed by atoms with Gasteiger partial charge in [0, 0.05) is 55.0 Å². The second kappa shape index (κ2) is 14.2. The van der Waals surface area contributed by atoms with Gasteiger partial charge in [0.25, 0.3) is 0 Å². The maximum atomic E-state index is 15.2. The molecular weight excluding hydrogens is 842 g/mol. The normalized spacial score (nSPS) is 24.3. The summed E-state index contributed by atoms with van der Waals surface area (Å²) in [5, 5.41) is 41.4. The number of thiophene rings is 1. The number of hydrogen-bond donors (Lipinski definition) is 1. The summed E-state index contributed by atoms with van der Waals surface area (Å²) >= 11 is 7.82. The molecule has 6 atom stereocenters. The Labute approximate surface area is 362 Å². The van der Waals surface area contributed by atoms with Crippen LogP contribution in [0.1, 0.15) is 36.8 Å². The van der Waals surface area contributed by atoms with Crippen molar-refractivity contribution >= 4 is 85.2 Å². The molecule has 0 bridgehead atoms. The number of amides is 4. The van der Waals surface area contributed by atoms with Gasteiger partial charge in [-0.2, -0.15) is 5.10 Å². The topological polar surface area (TPSA) is 212 Å². The van der Waals surface area contributed by atoms with Crippen LogP contribution in [0.4, 0.5) is 28.6 Å². The van der Waals surface area contributed by atoms with Crippen molar-refractivity contribution in [3.63, 3.8) is 0 Å². The molecule has 9 rings (SSSR count). The molecule has 4 aliphatic rings. The number of benzene rings is 3. The van der Waals surface area contributed by atoms with Crippen LogP contribution in [-0.2, 0) is 26.2 Å². The molecule has 1 N–H and O–H groups in total. The highest BCUT2D eigenvalue weighted by Crippen LogP contribution is 2.64. The molecule has 2 aliphatic carbocycles. The van der Waals surface area contributed by atoms with Crippen LogP contribution in [-0.4, -0.2) is 69.6 Å². The first-order valence-electron chi connectivity index (χ1n) is 19.6. The van der Waals surface area contributed by atoms with Gasteiger partial charge in [-0.3, -0.25) is 44.1 Å². The van der Waals surface area contributed by atoms with E-state index in [1.165, 1.54) is 48.2 Å². The van der Waals surface area contributed by atoms with Gasteiger partial charge < -0.3 is 14.7 Å². The number of phenols is 1. The van der Waals surface area contributed by atoms with E-state index in [2.05, 4.69) is 0 Å². The SMILES string of the molecule is COc1cc([C@H]2C3=CC[C@@H]4C(=O)N(c5cc([N+](=O)[O-])c(N(C)C)c([N+](=O)[O-])c5)C(=O)[C@@H]4[C@@H]3C[C@H]3C(=O)N(c4cc(-c5sc6ccc(Cl)cc6c5C)nn4C)C(=O)[C@@]23C)ccc1O.